The lowest BCUT2D eigenvalue weighted by Gasteiger charge is -2.39. The van der Waals surface area contributed by atoms with Gasteiger partial charge in [0, 0.05) is 26.2 Å². The summed E-state index contributed by atoms with van der Waals surface area (Å²) in [4.78, 5) is 26.5. The minimum absolute atomic E-state index is 0.0143. The molecule has 28 heavy (non-hydrogen) atoms. The SMILES string of the molecule is O=C(O)CN1CCC(F)(CC2CCN(C(=O)OCc3ccccc3)CC2)CC1. The number of halogens is 1. The molecule has 1 N–H and O–H groups in total. The molecule has 0 radical (unpaired) electrons. The number of alkyl halides is 1. The number of carbonyl (C=O) groups excluding carboxylic acids is 1. The third-order valence-corrected chi connectivity index (χ3v) is 5.84. The normalized spacial score (nSPS) is 20.7. The number of likely N-dealkylation sites (tertiary alicyclic amines) is 2. The van der Waals surface area contributed by atoms with Gasteiger partial charge in [-0.1, -0.05) is 30.3 Å². The van der Waals surface area contributed by atoms with Crippen LogP contribution in [0.3, 0.4) is 0 Å². The van der Waals surface area contributed by atoms with Gasteiger partial charge in [-0.25, -0.2) is 9.18 Å². The maximum absolute atomic E-state index is 15.2. The molecule has 1 amide bonds. The third kappa shape index (κ3) is 5.92. The summed E-state index contributed by atoms with van der Waals surface area (Å²) in [5.74, 6) is -0.605. The second-order valence-electron chi connectivity index (χ2n) is 8.00. The van der Waals surface area contributed by atoms with Crippen LogP contribution in [-0.4, -0.2) is 65.4 Å². The number of benzene rings is 1. The van der Waals surface area contributed by atoms with E-state index in [1.807, 2.05) is 30.3 Å². The topological polar surface area (TPSA) is 70.1 Å². The monoisotopic (exact) mass is 392 g/mol. The first kappa shape index (κ1) is 20.6. The molecule has 1 aromatic rings. The Morgan fingerprint density at radius 1 is 1.11 bits per heavy atom. The molecule has 2 aliphatic heterocycles. The van der Waals surface area contributed by atoms with E-state index in [1.165, 1.54) is 0 Å². The second kappa shape index (κ2) is 9.37. The molecule has 2 saturated heterocycles. The number of carboxylic acids is 1. The van der Waals surface area contributed by atoms with Crippen LogP contribution in [0.5, 0.6) is 0 Å². The molecule has 154 valence electrons. The zero-order chi connectivity index (χ0) is 20.0. The Labute approximate surface area is 165 Å². The molecule has 0 aliphatic carbocycles. The van der Waals surface area contributed by atoms with Gasteiger partial charge in [0.1, 0.15) is 12.3 Å². The van der Waals surface area contributed by atoms with Crippen LogP contribution in [0.15, 0.2) is 30.3 Å². The lowest BCUT2D eigenvalue weighted by Crippen LogP contribution is -2.46. The van der Waals surface area contributed by atoms with Crippen LogP contribution in [0, 0.1) is 5.92 Å². The zero-order valence-electron chi connectivity index (χ0n) is 16.2. The molecular formula is C21H29FN2O4. The average molecular weight is 392 g/mol. The van der Waals surface area contributed by atoms with E-state index in [4.69, 9.17) is 9.84 Å². The molecule has 3 rings (SSSR count). The van der Waals surface area contributed by atoms with Crippen molar-refractivity contribution in [3.05, 3.63) is 35.9 Å². The van der Waals surface area contributed by atoms with Crippen molar-refractivity contribution >= 4 is 12.1 Å². The maximum Gasteiger partial charge on any atom is 0.410 e. The Balaban J connectivity index is 1.38. The number of carboxylic acid groups (broad SMARTS) is 1. The van der Waals surface area contributed by atoms with Gasteiger partial charge in [-0.05, 0) is 43.6 Å². The number of nitrogens with zero attached hydrogens (tertiary/aromatic N) is 2. The smallest absolute Gasteiger partial charge is 0.410 e. The lowest BCUT2D eigenvalue weighted by atomic mass is 9.80. The van der Waals surface area contributed by atoms with Crippen molar-refractivity contribution in [2.45, 2.75) is 44.4 Å². The van der Waals surface area contributed by atoms with Crippen LogP contribution < -0.4 is 0 Å². The van der Waals surface area contributed by atoms with Crippen molar-refractivity contribution in [1.29, 1.82) is 0 Å². The van der Waals surface area contributed by atoms with Crippen LogP contribution in [0.2, 0.25) is 0 Å². The van der Waals surface area contributed by atoms with Crippen LogP contribution in [0.4, 0.5) is 9.18 Å². The van der Waals surface area contributed by atoms with Gasteiger partial charge in [-0.15, -0.1) is 0 Å². The van der Waals surface area contributed by atoms with Gasteiger partial charge in [0.2, 0.25) is 0 Å². The highest BCUT2D eigenvalue weighted by molar-refractivity contribution is 5.69. The molecule has 0 spiro atoms. The first-order valence-corrected chi connectivity index (χ1v) is 10.0. The molecule has 0 aromatic heterocycles. The Morgan fingerprint density at radius 3 is 2.36 bits per heavy atom. The van der Waals surface area contributed by atoms with Crippen LogP contribution in [0.25, 0.3) is 0 Å². The lowest BCUT2D eigenvalue weighted by molar-refractivity contribution is -0.139. The van der Waals surface area contributed by atoms with E-state index in [-0.39, 0.29) is 25.2 Å². The van der Waals surface area contributed by atoms with Crippen molar-refractivity contribution in [3.63, 3.8) is 0 Å². The standard InChI is InChI=1S/C21H29FN2O4/c22-21(8-12-23(13-9-21)15-19(25)26)14-17-6-10-24(11-7-17)20(27)28-16-18-4-2-1-3-5-18/h1-5,17H,6-16H2,(H,25,26). The van der Waals surface area contributed by atoms with Crippen LogP contribution in [-0.2, 0) is 16.1 Å². The number of carbonyl (C=O) groups is 2. The quantitative estimate of drug-likeness (QED) is 0.804. The Kier molecular flexibility index (Phi) is 6.88. The summed E-state index contributed by atoms with van der Waals surface area (Å²) in [5, 5.41) is 8.85. The zero-order valence-corrected chi connectivity index (χ0v) is 16.2. The van der Waals surface area contributed by atoms with E-state index in [9.17, 15) is 9.59 Å². The first-order valence-electron chi connectivity index (χ1n) is 10.0. The fraction of sp³-hybridized carbons (Fsp3) is 0.619. The highest BCUT2D eigenvalue weighted by Crippen LogP contribution is 2.36. The molecule has 7 heteroatoms. The molecule has 2 heterocycles. The third-order valence-electron chi connectivity index (χ3n) is 5.84. The highest BCUT2D eigenvalue weighted by atomic mass is 19.1. The summed E-state index contributed by atoms with van der Waals surface area (Å²) in [6.45, 7) is 2.43. The average Bonchev–Trinajstić information content (AvgIpc) is 2.69. The van der Waals surface area contributed by atoms with Gasteiger partial charge >= 0.3 is 12.1 Å². The predicted octanol–water partition coefficient (Wildman–Crippen LogP) is 3.31. The molecule has 0 atom stereocenters. The summed E-state index contributed by atoms with van der Waals surface area (Å²) in [6, 6.07) is 9.58. The van der Waals surface area contributed by atoms with Gasteiger partial charge in [0.05, 0.1) is 6.54 Å². The predicted molar refractivity (Wildman–Crippen MR) is 103 cm³/mol. The first-order chi connectivity index (χ1) is 13.4. The number of piperidine rings is 2. The van der Waals surface area contributed by atoms with E-state index in [1.54, 1.807) is 9.80 Å². The molecule has 2 fully saturated rings. The molecule has 1 aromatic carbocycles. The number of hydrogen-bond acceptors (Lipinski definition) is 4. The van der Waals surface area contributed by atoms with E-state index >= 15 is 4.39 Å². The van der Waals surface area contributed by atoms with Crippen molar-refractivity contribution < 1.29 is 23.8 Å². The van der Waals surface area contributed by atoms with Gasteiger partial charge in [0.15, 0.2) is 0 Å². The molecule has 6 nitrogen and oxygen atoms in total. The summed E-state index contributed by atoms with van der Waals surface area (Å²) >= 11 is 0. The summed E-state index contributed by atoms with van der Waals surface area (Å²) in [7, 11) is 0. The molecular weight excluding hydrogens is 363 g/mol. The van der Waals surface area contributed by atoms with Crippen LogP contribution >= 0.6 is 0 Å². The summed E-state index contributed by atoms with van der Waals surface area (Å²) in [5.41, 5.74) is -0.255. The van der Waals surface area contributed by atoms with E-state index in [0.29, 0.717) is 45.4 Å². The van der Waals surface area contributed by atoms with E-state index in [2.05, 4.69) is 0 Å². The van der Waals surface area contributed by atoms with E-state index < -0.39 is 11.6 Å². The number of aliphatic carboxylic acids is 1. The number of ether oxygens (including phenoxy) is 1. The second-order valence-corrected chi connectivity index (χ2v) is 8.00. The van der Waals surface area contributed by atoms with Crippen LogP contribution in [0.1, 0.15) is 37.7 Å². The molecule has 0 bridgehead atoms. The largest absolute Gasteiger partial charge is 0.480 e. The fourth-order valence-electron chi connectivity index (χ4n) is 4.15. The fourth-order valence-corrected chi connectivity index (χ4v) is 4.15. The highest BCUT2D eigenvalue weighted by Gasteiger charge is 2.38. The Morgan fingerprint density at radius 2 is 1.75 bits per heavy atom. The van der Waals surface area contributed by atoms with Gasteiger partial charge < -0.3 is 14.7 Å². The number of rotatable bonds is 6. The molecule has 0 saturated carbocycles. The molecule has 2 aliphatic rings. The number of amides is 1. The minimum Gasteiger partial charge on any atom is -0.480 e. The van der Waals surface area contributed by atoms with Crippen molar-refractivity contribution in [1.82, 2.24) is 9.80 Å². The Hall–Kier alpha value is -2.15. The van der Waals surface area contributed by atoms with Gasteiger partial charge in [0.25, 0.3) is 0 Å². The van der Waals surface area contributed by atoms with Gasteiger partial charge in [-0.2, -0.15) is 0 Å². The van der Waals surface area contributed by atoms with Crippen molar-refractivity contribution in [2.24, 2.45) is 5.92 Å². The number of hydrogen-bond donors (Lipinski definition) is 1. The molecule has 0 unspecified atom stereocenters. The maximum atomic E-state index is 15.2. The Bertz CT molecular complexity index is 654. The summed E-state index contributed by atoms with van der Waals surface area (Å²) in [6.07, 6.45) is 2.54. The van der Waals surface area contributed by atoms with Gasteiger partial charge in [-0.3, -0.25) is 9.69 Å². The van der Waals surface area contributed by atoms with E-state index in [0.717, 1.165) is 18.4 Å². The van der Waals surface area contributed by atoms with Crippen molar-refractivity contribution in [3.8, 4) is 0 Å². The minimum atomic E-state index is -1.21. The summed E-state index contributed by atoms with van der Waals surface area (Å²) < 4.78 is 20.5. The van der Waals surface area contributed by atoms with Crippen molar-refractivity contribution in [2.75, 3.05) is 32.7 Å².